The summed E-state index contributed by atoms with van der Waals surface area (Å²) in [6.07, 6.45) is 0. The van der Waals surface area contributed by atoms with E-state index in [0.717, 1.165) is 22.9 Å². The predicted molar refractivity (Wildman–Crippen MR) is 78.3 cm³/mol. The lowest BCUT2D eigenvalue weighted by Gasteiger charge is -2.12. The maximum absolute atomic E-state index is 5.63. The molecule has 2 rings (SSSR count). The zero-order valence-corrected chi connectivity index (χ0v) is 12.3. The summed E-state index contributed by atoms with van der Waals surface area (Å²) in [5.41, 5.74) is 0.938. The van der Waals surface area contributed by atoms with E-state index < -0.39 is 0 Å². The fourth-order valence-corrected chi connectivity index (χ4v) is 1.99. The van der Waals surface area contributed by atoms with Crippen LogP contribution in [0.15, 0.2) is 18.2 Å². The highest BCUT2D eigenvalue weighted by Crippen LogP contribution is 2.32. The zero-order valence-electron chi connectivity index (χ0n) is 12.3. The van der Waals surface area contributed by atoms with Gasteiger partial charge in [0, 0.05) is 19.7 Å². The van der Waals surface area contributed by atoms with Gasteiger partial charge in [0.25, 0.3) is 0 Å². The third-order valence-corrected chi connectivity index (χ3v) is 2.90. The summed E-state index contributed by atoms with van der Waals surface area (Å²) in [6, 6.07) is 5.78. The van der Waals surface area contributed by atoms with E-state index in [4.69, 9.17) is 9.47 Å². The average molecular weight is 276 g/mol. The second-order valence-corrected chi connectivity index (χ2v) is 4.18. The number of hydrogen-bond donors (Lipinski definition) is 1. The summed E-state index contributed by atoms with van der Waals surface area (Å²) in [7, 11) is 3.73. The molecule has 1 heterocycles. The minimum Gasteiger partial charge on any atom is -0.490 e. The Morgan fingerprint density at radius 1 is 1.10 bits per heavy atom. The molecule has 0 amide bonds. The van der Waals surface area contributed by atoms with Crippen molar-refractivity contribution in [3.63, 3.8) is 0 Å². The van der Waals surface area contributed by atoms with Crippen LogP contribution in [0.4, 0.5) is 5.95 Å². The van der Waals surface area contributed by atoms with E-state index in [-0.39, 0.29) is 0 Å². The van der Waals surface area contributed by atoms with Gasteiger partial charge in [-0.2, -0.15) is 0 Å². The Balaban J connectivity index is 2.41. The molecule has 0 radical (unpaired) electrons. The SMILES string of the molecule is CCOc1ccc(-c2nnc(NC)n2C)cc1OCC. The fraction of sp³-hybridized carbons (Fsp3) is 0.429. The molecular weight excluding hydrogens is 256 g/mol. The number of nitrogens with one attached hydrogen (secondary N) is 1. The molecule has 0 fully saturated rings. The molecule has 1 aromatic carbocycles. The molecule has 0 spiro atoms. The van der Waals surface area contributed by atoms with Crippen molar-refractivity contribution in [1.29, 1.82) is 0 Å². The Labute approximate surface area is 118 Å². The van der Waals surface area contributed by atoms with Crippen LogP contribution < -0.4 is 14.8 Å². The third kappa shape index (κ3) is 2.68. The minimum atomic E-state index is 0.587. The predicted octanol–water partition coefficient (Wildman–Crippen LogP) is 2.32. The first-order valence-corrected chi connectivity index (χ1v) is 6.68. The molecule has 108 valence electrons. The van der Waals surface area contributed by atoms with E-state index in [1.54, 1.807) is 0 Å². The van der Waals surface area contributed by atoms with Gasteiger partial charge in [0.1, 0.15) is 0 Å². The number of anilines is 1. The van der Waals surface area contributed by atoms with Crippen molar-refractivity contribution >= 4 is 5.95 Å². The number of benzene rings is 1. The van der Waals surface area contributed by atoms with Gasteiger partial charge < -0.3 is 14.8 Å². The fourth-order valence-electron chi connectivity index (χ4n) is 1.99. The van der Waals surface area contributed by atoms with Crippen molar-refractivity contribution in [1.82, 2.24) is 14.8 Å². The highest BCUT2D eigenvalue weighted by atomic mass is 16.5. The lowest BCUT2D eigenvalue weighted by atomic mass is 10.2. The van der Waals surface area contributed by atoms with Crippen molar-refractivity contribution in [3.05, 3.63) is 18.2 Å². The monoisotopic (exact) mass is 276 g/mol. The van der Waals surface area contributed by atoms with Crippen LogP contribution in [-0.4, -0.2) is 35.0 Å². The van der Waals surface area contributed by atoms with Crippen molar-refractivity contribution in [2.45, 2.75) is 13.8 Å². The topological polar surface area (TPSA) is 61.2 Å². The largest absolute Gasteiger partial charge is 0.490 e. The smallest absolute Gasteiger partial charge is 0.224 e. The summed E-state index contributed by atoms with van der Waals surface area (Å²) in [6.45, 7) is 5.09. The Hall–Kier alpha value is -2.24. The molecule has 6 heteroatoms. The molecule has 2 aromatic rings. The van der Waals surface area contributed by atoms with Gasteiger partial charge in [0.2, 0.25) is 5.95 Å². The summed E-state index contributed by atoms with van der Waals surface area (Å²) < 4.78 is 13.1. The number of hydrogen-bond acceptors (Lipinski definition) is 5. The van der Waals surface area contributed by atoms with Crippen LogP contribution >= 0.6 is 0 Å². The third-order valence-electron chi connectivity index (χ3n) is 2.90. The quantitative estimate of drug-likeness (QED) is 0.877. The highest BCUT2D eigenvalue weighted by molar-refractivity contribution is 5.62. The molecule has 20 heavy (non-hydrogen) atoms. The molecule has 0 saturated carbocycles. The van der Waals surface area contributed by atoms with Gasteiger partial charge >= 0.3 is 0 Å². The van der Waals surface area contributed by atoms with Crippen LogP contribution in [0.2, 0.25) is 0 Å². The van der Waals surface area contributed by atoms with Crippen molar-refractivity contribution in [3.8, 4) is 22.9 Å². The lowest BCUT2D eigenvalue weighted by molar-refractivity contribution is 0.288. The van der Waals surface area contributed by atoms with Crippen LogP contribution in [0.5, 0.6) is 11.5 Å². The summed E-state index contributed by atoms with van der Waals surface area (Å²) in [5.74, 6) is 2.96. The minimum absolute atomic E-state index is 0.587. The van der Waals surface area contributed by atoms with Gasteiger partial charge in [-0.1, -0.05) is 0 Å². The molecule has 0 unspecified atom stereocenters. The molecule has 1 N–H and O–H groups in total. The van der Waals surface area contributed by atoms with Gasteiger partial charge in [0.05, 0.1) is 13.2 Å². The molecule has 6 nitrogen and oxygen atoms in total. The molecule has 0 atom stereocenters. The lowest BCUT2D eigenvalue weighted by Crippen LogP contribution is -2.01. The Morgan fingerprint density at radius 3 is 2.40 bits per heavy atom. The average Bonchev–Trinajstić information content (AvgIpc) is 2.82. The molecule has 0 aliphatic heterocycles. The normalized spacial score (nSPS) is 10.4. The standard InChI is InChI=1S/C14H20N4O2/c1-5-19-11-8-7-10(9-12(11)20-6-2)13-16-17-14(15-3)18(13)4/h7-9H,5-6H2,1-4H3,(H,15,17). The maximum atomic E-state index is 5.63. The zero-order chi connectivity index (χ0) is 14.5. The second-order valence-electron chi connectivity index (χ2n) is 4.18. The Morgan fingerprint density at radius 2 is 1.80 bits per heavy atom. The molecule has 1 aromatic heterocycles. The van der Waals surface area contributed by atoms with E-state index in [2.05, 4.69) is 15.5 Å². The van der Waals surface area contributed by atoms with E-state index in [0.29, 0.717) is 19.2 Å². The van der Waals surface area contributed by atoms with E-state index in [1.165, 1.54) is 0 Å². The summed E-state index contributed by atoms with van der Waals surface area (Å²) in [5, 5.41) is 11.3. The molecule has 0 aliphatic rings. The van der Waals surface area contributed by atoms with Gasteiger partial charge in [0.15, 0.2) is 17.3 Å². The second kappa shape index (κ2) is 6.27. The van der Waals surface area contributed by atoms with Crippen LogP contribution in [0.1, 0.15) is 13.8 Å². The van der Waals surface area contributed by atoms with Crippen LogP contribution in [0.25, 0.3) is 11.4 Å². The van der Waals surface area contributed by atoms with Crippen molar-refractivity contribution in [2.75, 3.05) is 25.6 Å². The number of ether oxygens (including phenoxy) is 2. The Kier molecular flexibility index (Phi) is 4.45. The maximum Gasteiger partial charge on any atom is 0.224 e. The van der Waals surface area contributed by atoms with Crippen molar-refractivity contribution in [2.24, 2.45) is 7.05 Å². The van der Waals surface area contributed by atoms with Crippen LogP contribution in [-0.2, 0) is 7.05 Å². The van der Waals surface area contributed by atoms with Crippen molar-refractivity contribution < 1.29 is 9.47 Å². The number of rotatable bonds is 6. The van der Waals surface area contributed by atoms with Gasteiger partial charge in [-0.25, -0.2) is 0 Å². The van der Waals surface area contributed by atoms with Gasteiger partial charge in [-0.3, -0.25) is 4.57 Å². The summed E-state index contributed by atoms with van der Waals surface area (Å²) in [4.78, 5) is 0. The molecule has 0 aliphatic carbocycles. The summed E-state index contributed by atoms with van der Waals surface area (Å²) >= 11 is 0. The van der Waals surface area contributed by atoms with Crippen LogP contribution in [0.3, 0.4) is 0 Å². The van der Waals surface area contributed by atoms with E-state index >= 15 is 0 Å². The number of nitrogens with zero attached hydrogens (tertiary/aromatic N) is 3. The Bertz CT molecular complexity index is 581. The van der Waals surface area contributed by atoms with E-state index in [1.807, 2.05) is 50.7 Å². The van der Waals surface area contributed by atoms with E-state index in [9.17, 15) is 0 Å². The first-order valence-electron chi connectivity index (χ1n) is 6.68. The number of aromatic nitrogens is 3. The molecule has 0 bridgehead atoms. The van der Waals surface area contributed by atoms with Crippen LogP contribution in [0, 0.1) is 0 Å². The first-order chi connectivity index (χ1) is 9.71. The molecule has 0 saturated heterocycles. The van der Waals surface area contributed by atoms with Gasteiger partial charge in [-0.05, 0) is 32.0 Å². The van der Waals surface area contributed by atoms with Gasteiger partial charge in [-0.15, -0.1) is 10.2 Å². The highest BCUT2D eigenvalue weighted by Gasteiger charge is 2.13. The molecular formula is C14H20N4O2. The first kappa shape index (κ1) is 14.2.